The summed E-state index contributed by atoms with van der Waals surface area (Å²) in [7, 11) is 1.61. The second-order valence-corrected chi connectivity index (χ2v) is 6.16. The largest absolute Gasteiger partial charge is 0.494 e. The minimum Gasteiger partial charge on any atom is -0.494 e. The second-order valence-electron chi connectivity index (χ2n) is 6.16. The van der Waals surface area contributed by atoms with Gasteiger partial charge in [-0.3, -0.25) is 9.59 Å². The summed E-state index contributed by atoms with van der Waals surface area (Å²) in [5.41, 5.74) is 1.24. The molecule has 0 aliphatic rings. The van der Waals surface area contributed by atoms with Crippen molar-refractivity contribution < 1.29 is 14.3 Å². The molecule has 0 heterocycles. The highest BCUT2D eigenvalue weighted by Gasteiger charge is 2.15. The Morgan fingerprint density at radius 2 is 1.69 bits per heavy atom. The van der Waals surface area contributed by atoms with Crippen LogP contribution in [0.1, 0.15) is 36.5 Å². The van der Waals surface area contributed by atoms with Crippen LogP contribution in [0.25, 0.3) is 0 Å². The van der Waals surface area contributed by atoms with Gasteiger partial charge >= 0.3 is 0 Å². The zero-order chi connectivity index (χ0) is 18.8. The van der Waals surface area contributed by atoms with Gasteiger partial charge in [0.05, 0.1) is 13.2 Å². The summed E-state index contributed by atoms with van der Waals surface area (Å²) in [6.45, 7) is 2.82. The third-order valence-electron chi connectivity index (χ3n) is 3.90. The van der Waals surface area contributed by atoms with Crippen LogP contribution in [0.3, 0.4) is 0 Å². The van der Waals surface area contributed by atoms with E-state index in [1.807, 2.05) is 18.2 Å². The molecule has 26 heavy (non-hydrogen) atoms. The van der Waals surface area contributed by atoms with E-state index in [-0.39, 0.29) is 18.4 Å². The van der Waals surface area contributed by atoms with Crippen molar-refractivity contribution in [3.05, 3.63) is 60.2 Å². The number of benzene rings is 2. The molecule has 0 unspecified atom stereocenters. The summed E-state index contributed by atoms with van der Waals surface area (Å²) in [6, 6.07) is 16.2. The van der Waals surface area contributed by atoms with Gasteiger partial charge in [-0.2, -0.15) is 0 Å². The second kappa shape index (κ2) is 10.2. The molecule has 0 aliphatic carbocycles. The van der Waals surface area contributed by atoms with E-state index in [2.05, 4.69) is 12.2 Å². The van der Waals surface area contributed by atoms with Crippen molar-refractivity contribution in [2.24, 2.45) is 0 Å². The molecular formula is C21H26N2O3. The number of hydrogen-bond donors (Lipinski definition) is 1. The average Bonchev–Trinajstić information content (AvgIpc) is 2.66. The lowest BCUT2D eigenvalue weighted by Gasteiger charge is -2.17. The highest BCUT2D eigenvalue weighted by atomic mass is 16.5. The first-order chi connectivity index (χ1) is 12.6. The average molecular weight is 354 g/mol. The number of hydrogen-bond acceptors (Lipinski definition) is 3. The van der Waals surface area contributed by atoms with Crippen molar-refractivity contribution in [3.8, 4) is 5.75 Å². The number of carbonyl (C=O) groups is 2. The van der Waals surface area contributed by atoms with E-state index in [1.54, 1.807) is 43.4 Å². The molecule has 1 N–H and O–H groups in total. The van der Waals surface area contributed by atoms with E-state index in [0.717, 1.165) is 25.0 Å². The molecule has 0 saturated carbocycles. The number of carbonyl (C=O) groups excluding carboxylic acids is 2. The van der Waals surface area contributed by atoms with Crippen LogP contribution < -0.4 is 10.1 Å². The summed E-state index contributed by atoms with van der Waals surface area (Å²) in [5.74, 6) is 0.316. The minimum atomic E-state index is -0.233. The first-order valence-corrected chi connectivity index (χ1v) is 8.93. The van der Waals surface area contributed by atoms with Crippen LogP contribution in [0.2, 0.25) is 0 Å². The Bertz CT molecular complexity index is 699. The maximum Gasteiger partial charge on any atom is 0.254 e. The van der Waals surface area contributed by atoms with E-state index in [4.69, 9.17) is 4.74 Å². The molecule has 2 amide bonds. The fraction of sp³-hybridized carbons (Fsp3) is 0.333. The van der Waals surface area contributed by atoms with Crippen molar-refractivity contribution in [1.29, 1.82) is 0 Å². The Morgan fingerprint density at radius 3 is 2.35 bits per heavy atom. The fourth-order valence-electron chi connectivity index (χ4n) is 2.47. The summed E-state index contributed by atoms with van der Waals surface area (Å²) in [4.78, 5) is 25.9. The number of nitrogens with one attached hydrogen (secondary N) is 1. The number of rotatable bonds is 9. The van der Waals surface area contributed by atoms with E-state index in [9.17, 15) is 9.59 Å². The molecule has 0 saturated heterocycles. The number of likely N-dealkylation sites (N-methyl/N-ethyl adjacent to an activating group) is 1. The normalized spacial score (nSPS) is 10.2. The van der Waals surface area contributed by atoms with Crippen LogP contribution in [0, 0.1) is 0 Å². The lowest BCUT2D eigenvalue weighted by molar-refractivity contribution is -0.116. The maximum absolute atomic E-state index is 12.4. The van der Waals surface area contributed by atoms with E-state index in [0.29, 0.717) is 17.9 Å². The highest BCUT2D eigenvalue weighted by molar-refractivity contribution is 5.99. The first kappa shape index (κ1) is 19.5. The molecule has 0 radical (unpaired) electrons. The molecule has 0 spiro atoms. The van der Waals surface area contributed by atoms with Gasteiger partial charge in [0.1, 0.15) is 5.75 Å². The third-order valence-corrected chi connectivity index (χ3v) is 3.90. The van der Waals surface area contributed by atoms with Crippen LogP contribution in [-0.4, -0.2) is 36.9 Å². The molecule has 138 valence electrons. The van der Waals surface area contributed by atoms with Crippen molar-refractivity contribution in [3.63, 3.8) is 0 Å². The van der Waals surface area contributed by atoms with Gasteiger partial charge in [-0.25, -0.2) is 0 Å². The zero-order valence-corrected chi connectivity index (χ0v) is 15.4. The third kappa shape index (κ3) is 6.24. The van der Waals surface area contributed by atoms with Crippen molar-refractivity contribution in [2.45, 2.75) is 26.2 Å². The van der Waals surface area contributed by atoms with Crippen LogP contribution >= 0.6 is 0 Å². The Labute approximate surface area is 155 Å². The van der Waals surface area contributed by atoms with Gasteiger partial charge in [-0.1, -0.05) is 38.0 Å². The number of amides is 2. The molecule has 5 heteroatoms. The molecule has 0 fully saturated rings. The van der Waals surface area contributed by atoms with Gasteiger partial charge in [0.2, 0.25) is 5.91 Å². The molecule has 0 aromatic heterocycles. The number of unbranched alkanes of at least 4 members (excludes halogenated alkanes) is 2. The van der Waals surface area contributed by atoms with Crippen LogP contribution in [-0.2, 0) is 4.79 Å². The smallest absolute Gasteiger partial charge is 0.254 e. The van der Waals surface area contributed by atoms with Gasteiger partial charge in [-0.05, 0) is 42.8 Å². The lowest BCUT2D eigenvalue weighted by Crippen LogP contribution is -2.34. The number of anilines is 1. The van der Waals surface area contributed by atoms with Crippen molar-refractivity contribution in [2.75, 3.05) is 25.5 Å². The van der Waals surface area contributed by atoms with Gasteiger partial charge < -0.3 is 15.0 Å². The zero-order valence-electron chi connectivity index (χ0n) is 15.4. The maximum atomic E-state index is 12.4. The summed E-state index contributed by atoms with van der Waals surface area (Å²) >= 11 is 0. The monoisotopic (exact) mass is 354 g/mol. The molecule has 0 aliphatic heterocycles. The molecule has 0 atom stereocenters. The van der Waals surface area contributed by atoms with Crippen LogP contribution in [0.4, 0.5) is 5.69 Å². The number of nitrogens with zero attached hydrogens (tertiary/aromatic N) is 1. The Balaban J connectivity index is 1.84. The molecule has 2 rings (SSSR count). The molecule has 2 aromatic carbocycles. The van der Waals surface area contributed by atoms with Crippen molar-refractivity contribution in [1.82, 2.24) is 4.90 Å². The highest BCUT2D eigenvalue weighted by Crippen LogP contribution is 2.14. The fourth-order valence-corrected chi connectivity index (χ4v) is 2.47. The van der Waals surface area contributed by atoms with Gasteiger partial charge in [0, 0.05) is 18.3 Å². The molecule has 0 bridgehead atoms. The number of ether oxygens (including phenoxy) is 1. The summed E-state index contributed by atoms with van der Waals surface area (Å²) < 4.78 is 5.65. The summed E-state index contributed by atoms with van der Waals surface area (Å²) in [6.07, 6.45) is 3.32. The van der Waals surface area contributed by atoms with Gasteiger partial charge in [0.15, 0.2) is 0 Å². The van der Waals surface area contributed by atoms with E-state index >= 15 is 0 Å². The van der Waals surface area contributed by atoms with Gasteiger partial charge in [0.25, 0.3) is 5.91 Å². The quantitative estimate of drug-likeness (QED) is 0.693. The molecule has 5 nitrogen and oxygen atoms in total. The van der Waals surface area contributed by atoms with Gasteiger partial charge in [-0.15, -0.1) is 0 Å². The predicted molar refractivity (Wildman–Crippen MR) is 103 cm³/mol. The van der Waals surface area contributed by atoms with Crippen LogP contribution in [0.5, 0.6) is 5.75 Å². The first-order valence-electron chi connectivity index (χ1n) is 8.93. The lowest BCUT2D eigenvalue weighted by atomic mass is 10.2. The minimum absolute atomic E-state index is 0.0109. The Hall–Kier alpha value is -2.82. The summed E-state index contributed by atoms with van der Waals surface area (Å²) in [5, 5.41) is 2.77. The van der Waals surface area contributed by atoms with Crippen LogP contribution in [0.15, 0.2) is 54.6 Å². The molecular weight excluding hydrogens is 328 g/mol. The van der Waals surface area contributed by atoms with Crippen molar-refractivity contribution >= 4 is 17.5 Å². The van der Waals surface area contributed by atoms with E-state index < -0.39 is 0 Å². The standard InChI is InChI=1S/C21H26N2O3/c1-3-4-8-15-26-19-13-11-17(12-14-19)21(25)23(2)16-20(24)22-18-9-6-5-7-10-18/h5-7,9-14H,3-4,8,15-16H2,1-2H3,(H,22,24). The SMILES string of the molecule is CCCCCOc1ccc(C(=O)N(C)CC(=O)Nc2ccccc2)cc1. The Morgan fingerprint density at radius 1 is 1.00 bits per heavy atom. The number of para-hydroxylation sites is 1. The van der Waals surface area contributed by atoms with E-state index in [1.165, 1.54) is 4.90 Å². The predicted octanol–water partition coefficient (Wildman–Crippen LogP) is 3.97. The topological polar surface area (TPSA) is 58.6 Å². The Kier molecular flexibility index (Phi) is 7.68. The molecule has 2 aromatic rings.